The van der Waals surface area contributed by atoms with E-state index in [1.165, 1.54) is 11.3 Å². The Kier molecular flexibility index (Phi) is 17.3. The van der Waals surface area contributed by atoms with Crippen LogP contribution in [0.3, 0.4) is 0 Å². The Morgan fingerprint density at radius 1 is 1.19 bits per heavy atom. The Bertz CT molecular complexity index is 545. The van der Waals surface area contributed by atoms with Crippen LogP contribution in [0, 0.1) is 17.3 Å². The van der Waals surface area contributed by atoms with E-state index in [9.17, 15) is 4.79 Å². The van der Waals surface area contributed by atoms with Crippen molar-refractivity contribution in [3.05, 3.63) is 15.8 Å². The molecule has 0 amide bonds. The molecule has 4 nitrogen and oxygen atoms in total. The number of thiophene rings is 1. The molecule has 1 aromatic heterocycles. The summed E-state index contributed by atoms with van der Waals surface area (Å²) in [5, 5.41) is 6.83. The molecule has 2 N–H and O–H groups in total. The van der Waals surface area contributed by atoms with Crippen molar-refractivity contribution in [1.29, 1.82) is 0 Å². The third kappa shape index (κ3) is 13.5. The third-order valence-corrected chi connectivity index (χ3v) is 4.10. The number of nitrogens with one attached hydrogen (secondary N) is 2. The van der Waals surface area contributed by atoms with Crippen LogP contribution >= 0.6 is 11.3 Å². The van der Waals surface area contributed by atoms with Crippen LogP contribution in [0.2, 0.25) is 0 Å². The van der Waals surface area contributed by atoms with Gasteiger partial charge in [0, 0.05) is 25.7 Å². The highest BCUT2D eigenvalue weighted by atomic mass is 32.1. The molecule has 0 bridgehead atoms. The molecule has 1 aliphatic rings. The first kappa shape index (κ1) is 27.9. The molecule has 0 aliphatic carbocycles. The molecule has 5 heteroatoms. The van der Waals surface area contributed by atoms with Gasteiger partial charge in [0.05, 0.1) is 15.4 Å². The summed E-state index contributed by atoms with van der Waals surface area (Å²) in [6.07, 6.45) is 3.12. The number of rotatable bonds is 3. The highest BCUT2D eigenvalue weighted by Gasteiger charge is 2.16. The molecule has 1 aromatic rings. The van der Waals surface area contributed by atoms with Crippen molar-refractivity contribution >= 4 is 23.3 Å². The van der Waals surface area contributed by atoms with Gasteiger partial charge in [0.15, 0.2) is 6.29 Å². The number of carbonyl (C=O) groups is 1. The molecule has 1 aliphatic heterocycles. The van der Waals surface area contributed by atoms with Crippen LogP contribution < -0.4 is 10.6 Å². The molecule has 0 aromatic carbocycles. The van der Waals surface area contributed by atoms with Gasteiger partial charge < -0.3 is 15.4 Å². The van der Waals surface area contributed by atoms with Crippen LogP contribution in [0.4, 0.5) is 5.69 Å². The average Bonchev–Trinajstić information content (AvgIpc) is 3.06. The lowest BCUT2D eigenvalue weighted by atomic mass is 9.98. The van der Waals surface area contributed by atoms with Crippen molar-refractivity contribution in [3.8, 4) is 11.8 Å². The van der Waals surface area contributed by atoms with E-state index >= 15 is 0 Å². The zero-order valence-corrected chi connectivity index (χ0v) is 19.6. The van der Waals surface area contributed by atoms with Gasteiger partial charge >= 0.3 is 0 Å². The van der Waals surface area contributed by atoms with Crippen LogP contribution in [0.25, 0.3) is 0 Å². The van der Waals surface area contributed by atoms with Crippen molar-refractivity contribution in [2.24, 2.45) is 5.41 Å². The second-order valence-corrected chi connectivity index (χ2v) is 7.67. The maximum absolute atomic E-state index is 11.2. The third-order valence-electron chi connectivity index (χ3n) is 3.13. The topological polar surface area (TPSA) is 50.4 Å². The Morgan fingerprint density at radius 2 is 1.70 bits per heavy atom. The van der Waals surface area contributed by atoms with Gasteiger partial charge in [-0.3, -0.25) is 4.79 Å². The number of carbonyl (C=O) groups excluding carboxylic acids is 1. The minimum absolute atomic E-state index is 0.0199. The fourth-order valence-electron chi connectivity index (χ4n) is 2.10. The predicted molar refractivity (Wildman–Crippen MR) is 121 cm³/mol. The second-order valence-electron chi connectivity index (χ2n) is 6.58. The predicted octanol–water partition coefficient (Wildman–Crippen LogP) is 5.44. The number of hydrogen-bond donors (Lipinski definition) is 2. The smallest absolute Gasteiger partial charge is 0.162 e. The lowest BCUT2D eigenvalue weighted by Crippen LogP contribution is -2.35. The van der Waals surface area contributed by atoms with Crippen molar-refractivity contribution in [2.45, 2.75) is 67.3 Å². The molecule has 27 heavy (non-hydrogen) atoms. The summed E-state index contributed by atoms with van der Waals surface area (Å²) < 4.78 is 4.25. The molecule has 1 saturated heterocycles. The quantitative estimate of drug-likeness (QED) is 0.528. The van der Waals surface area contributed by atoms with E-state index in [2.05, 4.69) is 48.0 Å². The summed E-state index contributed by atoms with van der Waals surface area (Å²) in [5.41, 5.74) is 0.920. The molecule has 2 heterocycles. The highest BCUT2D eigenvalue weighted by molar-refractivity contribution is 7.14. The average molecular weight is 397 g/mol. The highest BCUT2D eigenvalue weighted by Crippen LogP contribution is 2.27. The molecular weight excluding hydrogens is 356 g/mol. The van der Waals surface area contributed by atoms with Gasteiger partial charge in [0.2, 0.25) is 0 Å². The number of piperidine rings is 1. The summed E-state index contributed by atoms with van der Waals surface area (Å²) in [4.78, 5) is 12.9. The zero-order chi connectivity index (χ0) is 21.3. The Balaban J connectivity index is 0. The number of hydrogen-bond acceptors (Lipinski definition) is 5. The number of ether oxygens (including phenoxy) is 1. The van der Waals surface area contributed by atoms with Crippen molar-refractivity contribution in [2.75, 3.05) is 32.6 Å². The lowest BCUT2D eigenvalue weighted by Gasteiger charge is -2.24. The number of methoxy groups -OCH3 is 1. The summed E-state index contributed by atoms with van der Waals surface area (Å²) in [5.74, 6) is 6.39. The fourth-order valence-corrected chi connectivity index (χ4v) is 2.89. The van der Waals surface area contributed by atoms with Crippen LogP contribution in [0.5, 0.6) is 0 Å². The summed E-state index contributed by atoms with van der Waals surface area (Å²) in [6.45, 7) is 16.3. The van der Waals surface area contributed by atoms with E-state index in [1.54, 1.807) is 14.2 Å². The minimum atomic E-state index is -0.0199. The van der Waals surface area contributed by atoms with Gasteiger partial charge in [-0.1, -0.05) is 39.5 Å². The monoisotopic (exact) mass is 396 g/mol. The van der Waals surface area contributed by atoms with E-state index in [4.69, 9.17) is 0 Å². The number of aldehydes is 1. The molecule has 1 fully saturated rings. The molecule has 2 rings (SSSR count). The van der Waals surface area contributed by atoms with E-state index in [-0.39, 0.29) is 5.41 Å². The number of anilines is 1. The molecule has 0 saturated carbocycles. The van der Waals surface area contributed by atoms with E-state index in [1.807, 2.05) is 33.8 Å². The maximum atomic E-state index is 11.2. The maximum Gasteiger partial charge on any atom is 0.162 e. The molecule has 156 valence electrons. The minimum Gasteiger partial charge on any atom is -0.388 e. The van der Waals surface area contributed by atoms with Crippen molar-refractivity contribution in [3.63, 3.8) is 0 Å². The summed E-state index contributed by atoms with van der Waals surface area (Å²) >= 11 is 1.47. The van der Waals surface area contributed by atoms with Crippen LogP contribution in [-0.4, -0.2) is 39.6 Å². The first-order valence-corrected chi connectivity index (χ1v) is 10.7. The van der Waals surface area contributed by atoms with Gasteiger partial charge in [0.1, 0.15) is 0 Å². The molecule has 0 radical (unpaired) electrons. The van der Waals surface area contributed by atoms with Gasteiger partial charge in [-0.25, -0.2) is 0 Å². The van der Waals surface area contributed by atoms with Gasteiger partial charge in [0.25, 0.3) is 0 Å². The molecule has 0 spiro atoms. The summed E-state index contributed by atoms with van der Waals surface area (Å²) in [6, 6.07) is 2.46. The normalized spacial score (nSPS) is 13.2. The first-order valence-electron chi connectivity index (χ1n) is 9.89. The van der Waals surface area contributed by atoms with E-state index in [0.29, 0.717) is 6.04 Å². The second kappa shape index (κ2) is 16.8. The van der Waals surface area contributed by atoms with E-state index < -0.39 is 0 Å². The van der Waals surface area contributed by atoms with E-state index in [0.717, 1.165) is 47.7 Å². The lowest BCUT2D eigenvalue weighted by molar-refractivity contribution is 0.112. The Hall–Kier alpha value is -1.35. The Morgan fingerprint density at radius 3 is 2.15 bits per heavy atom. The Labute approximate surface area is 171 Å². The molecular formula is C22H40N2O2S. The molecule has 0 unspecified atom stereocenters. The van der Waals surface area contributed by atoms with Gasteiger partial charge in [-0.15, -0.1) is 11.3 Å². The van der Waals surface area contributed by atoms with Gasteiger partial charge in [-0.05, 0) is 52.8 Å². The van der Waals surface area contributed by atoms with Gasteiger partial charge in [-0.2, -0.15) is 0 Å². The summed E-state index contributed by atoms with van der Waals surface area (Å²) in [7, 11) is 3.25. The fraction of sp³-hybridized carbons (Fsp3) is 0.682. The van der Waals surface area contributed by atoms with Crippen LogP contribution in [-0.2, 0) is 4.74 Å². The van der Waals surface area contributed by atoms with Crippen molar-refractivity contribution in [1.82, 2.24) is 5.32 Å². The largest absolute Gasteiger partial charge is 0.388 e. The SMILES string of the molecule is CC.CC.CC(C)(C)C#Cc1cc(NC2CCNCC2)c(C=O)s1.COC. The molecule has 0 atom stereocenters. The van der Waals surface area contributed by atoms with Crippen LogP contribution in [0.1, 0.15) is 75.9 Å². The van der Waals surface area contributed by atoms with Crippen molar-refractivity contribution < 1.29 is 9.53 Å². The zero-order valence-electron chi connectivity index (χ0n) is 18.8. The van der Waals surface area contributed by atoms with Crippen LogP contribution in [0.15, 0.2) is 6.07 Å². The first-order chi connectivity index (χ1) is 12.9. The standard InChI is InChI=1S/C16H22N2OS.C2H6O.2C2H6/c1-16(2,3)7-4-13-10-14(15(11-19)20-13)18-12-5-8-17-9-6-12;1-3-2;2*1-2/h10-12,17-18H,5-6,8-9H2,1-3H3;1-2H3;2*1-2H3.